The summed E-state index contributed by atoms with van der Waals surface area (Å²) in [6.07, 6.45) is 1.67. The van der Waals surface area contributed by atoms with Crippen LogP contribution in [0.15, 0.2) is 48.5 Å². The predicted octanol–water partition coefficient (Wildman–Crippen LogP) is 2.91. The summed E-state index contributed by atoms with van der Waals surface area (Å²) in [5.74, 6) is -0.581. The Bertz CT molecular complexity index is 1340. The van der Waals surface area contributed by atoms with Crippen LogP contribution in [0, 0.1) is 0 Å². The normalized spacial score (nSPS) is 15.3. The van der Waals surface area contributed by atoms with E-state index in [0.717, 1.165) is 24.4 Å². The molecule has 3 amide bonds. The smallest absolute Gasteiger partial charge is 0.270 e. The molecule has 0 aliphatic carbocycles. The lowest BCUT2D eigenvalue weighted by Gasteiger charge is -2.32. The number of amides is 3. The van der Waals surface area contributed by atoms with Crippen molar-refractivity contribution in [3.05, 3.63) is 70.2 Å². The lowest BCUT2D eigenvalue weighted by Crippen LogP contribution is -2.45. The molecule has 0 spiro atoms. The monoisotopic (exact) mass is 567 g/mol. The van der Waals surface area contributed by atoms with Gasteiger partial charge in [-0.3, -0.25) is 14.4 Å². The van der Waals surface area contributed by atoms with Crippen LogP contribution in [-0.2, 0) is 16.1 Å². The van der Waals surface area contributed by atoms with Crippen LogP contribution in [0.5, 0.6) is 11.5 Å². The summed E-state index contributed by atoms with van der Waals surface area (Å²) in [6, 6.07) is 13.1. The number of rotatable bonds is 12. The van der Waals surface area contributed by atoms with Crippen molar-refractivity contribution in [3.63, 3.8) is 0 Å². The molecule has 0 radical (unpaired) electrons. The summed E-state index contributed by atoms with van der Waals surface area (Å²) in [7, 11) is 1.55. The minimum atomic E-state index is -1.06. The number of anilines is 1. The number of aromatic nitrogens is 1. The highest BCUT2D eigenvalue weighted by Gasteiger charge is 2.35. The Hall–Kier alpha value is -4.16. The van der Waals surface area contributed by atoms with Gasteiger partial charge in [-0.15, -0.1) is 0 Å². The van der Waals surface area contributed by atoms with E-state index in [0.29, 0.717) is 42.4 Å². The number of hydrogen-bond donors (Lipinski definition) is 3. The molecule has 1 aliphatic heterocycles. The minimum Gasteiger partial charge on any atom is -0.497 e. The molecule has 1 aliphatic rings. The molecular formula is C28H33N5O6S. The second-order valence-corrected chi connectivity index (χ2v) is 9.98. The van der Waals surface area contributed by atoms with E-state index in [-0.39, 0.29) is 28.9 Å². The molecule has 0 unspecified atom stereocenters. The van der Waals surface area contributed by atoms with E-state index in [1.54, 1.807) is 49.6 Å². The van der Waals surface area contributed by atoms with Gasteiger partial charge in [0.1, 0.15) is 22.4 Å². The third kappa shape index (κ3) is 6.69. The molecule has 3 aromatic rings. The zero-order chi connectivity index (χ0) is 28.6. The molecule has 212 valence electrons. The molecule has 2 atom stereocenters. The summed E-state index contributed by atoms with van der Waals surface area (Å²) >= 11 is 0.763. The summed E-state index contributed by atoms with van der Waals surface area (Å²) in [5, 5.41) is 2.96. The zero-order valence-electron chi connectivity index (χ0n) is 22.4. The molecule has 1 aromatic heterocycles. The van der Waals surface area contributed by atoms with Crippen LogP contribution in [0.3, 0.4) is 0 Å². The van der Waals surface area contributed by atoms with E-state index in [2.05, 4.69) is 9.69 Å². The van der Waals surface area contributed by atoms with Gasteiger partial charge in [0.25, 0.3) is 11.8 Å². The number of ether oxygens (including phenoxy) is 3. The van der Waals surface area contributed by atoms with Crippen LogP contribution in [0.2, 0.25) is 0 Å². The topological polar surface area (TPSA) is 159 Å². The van der Waals surface area contributed by atoms with E-state index in [9.17, 15) is 14.4 Å². The number of carbonyl (C=O) groups excluding carboxylic acids is 3. The number of nitrogens with zero attached hydrogens (tertiary/aromatic N) is 2. The number of nitrogens with two attached hydrogens (primary N) is 2. The van der Waals surface area contributed by atoms with Gasteiger partial charge in [-0.25, -0.2) is 0 Å². The first-order valence-corrected chi connectivity index (χ1v) is 13.7. The maximum Gasteiger partial charge on any atom is 0.270 e. The number of carbonyl (C=O) groups is 3. The van der Waals surface area contributed by atoms with Crippen molar-refractivity contribution in [1.29, 1.82) is 0 Å². The minimum absolute atomic E-state index is 0.0135. The number of nitrogen functional groups attached to an aromatic ring is 1. The van der Waals surface area contributed by atoms with Gasteiger partial charge in [0.15, 0.2) is 5.69 Å². The fourth-order valence-corrected chi connectivity index (χ4v) is 5.27. The second-order valence-electron chi connectivity index (χ2n) is 9.21. The highest BCUT2D eigenvalue weighted by Crippen LogP contribution is 2.31. The van der Waals surface area contributed by atoms with Crippen molar-refractivity contribution in [3.8, 4) is 11.5 Å². The molecule has 0 saturated carbocycles. The fraction of sp³-hybridized carbons (Fsp3) is 0.357. The maximum atomic E-state index is 14.1. The molecule has 1 fully saturated rings. The van der Waals surface area contributed by atoms with Crippen LogP contribution in [0.25, 0.3) is 0 Å². The molecule has 2 aromatic carbocycles. The maximum absolute atomic E-state index is 14.1. The number of methoxy groups -OCH3 is 1. The quantitative estimate of drug-likeness (QED) is 0.301. The van der Waals surface area contributed by atoms with Crippen LogP contribution in [-0.4, -0.2) is 60.0 Å². The highest BCUT2D eigenvalue weighted by atomic mass is 32.1. The summed E-state index contributed by atoms with van der Waals surface area (Å²) in [6.45, 7) is 3.35. The van der Waals surface area contributed by atoms with Gasteiger partial charge in [0.05, 0.1) is 25.5 Å². The molecular weight excluding hydrogens is 534 g/mol. The number of hydrogen-bond acceptors (Lipinski definition) is 9. The SMILES string of the molecule is CCOc1ccc([C@H](C(=O)NC[C@@H]2CCCO2)N(Cc2cccc(OC)c2)C(=O)c2snc(C(N)=O)c2N)cc1. The number of nitrogens with one attached hydrogen (secondary N) is 1. The average molecular weight is 568 g/mol. The van der Waals surface area contributed by atoms with E-state index >= 15 is 0 Å². The molecule has 12 heteroatoms. The first-order valence-electron chi connectivity index (χ1n) is 12.9. The molecule has 0 bridgehead atoms. The van der Waals surface area contributed by atoms with E-state index < -0.39 is 23.8 Å². The van der Waals surface area contributed by atoms with Crippen molar-refractivity contribution in [2.75, 3.05) is 32.6 Å². The Morgan fingerprint density at radius 3 is 2.60 bits per heavy atom. The lowest BCUT2D eigenvalue weighted by molar-refractivity contribution is -0.126. The summed E-state index contributed by atoms with van der Waals surface area (Å²) in [5.41, 5.74) is 12.5. The van der Waals surface area contributed by atoms with Crippen LogP contribution in [0.1, 0.15) is 57.1 Å². The fourth-order valence-electron chi connectivity index (χ4n) is 4.51. The number of primary amides is 1. The van der Waals surface area contributed by atoms with E-state index in [1.165, 1.54) is 4.90 Å². The lowest BCUT2D eigenvalue weighted by atomic mass is 10.0. The summed E-state index contributed by atoms with van der Waals surface area (Å²) < 4.78 is 20.6. The Morgan fingerprint density at radius 2 is 1.98 bits per heavy atom. The third-order valence-corrected chi connectivity index (χ3v) is 7.35. The molecule has 4 rings (SSSR count). The van der Waals surface area contributed by atoms with Crippen molar-refractivity contribution >= 4 is 34.9 Å². The standard InChI is InChI=1S/C28H33N5O6S/c1-3-38-19-11-9-18(10-12-19)24(27(35)31-15-21-8-5-13-39-21)33(16-17-6-4-7-20(14-17)37-2)28(36)25-22(29)23(26(30)34)32-40-25/h4,6-7,9-12,14,21,24H,3,5,8,13,15-16,29H2,1-2H3,(H2,30,34)(H,31,35)/t21-,24+/m0/s1. The molecule has 11 nitrogen and oxygen atoms in total. The van der Waals surface area contributed by atoms with Crippen molar-refractivity contribution in [2.24, 2.45) is 5.73 Å². The second kappa shape index (κ2) is 13.3. The Labute approximate surface area is 236 Å². The predicted molar refractivity (Wildman–Crippen MR) is 150 cm³/mol. The number of benzene rings is 2. The van der Waals surface area contributed by atoms with Crippen LogP contribution < -0.4 is 26.3 Å². The molecule has 2 heterocycles. The first kappa shape index (κ1) is 28.8. The van der Waals surface area contributed by atoms with Crippen molar-refractivity contribution < 1.29 is 28.6 Å². The van der Waals surface area contributed by atoms with Crippen molar-refractivity contribution in [2.45, 2.75) is 38.5 Å². The van der Waals surface area contributed by atoms with Gasteiger partial charge in [0.2, 0.25) is 5.91 Å². The third-order valence-electron chi connectivity index (χ3n) is 6.50. The van der Waals surface area contributed by atoms with Gasteiger partial charge < -0.3 is 35.9 Å². The van der Waals surface area contributed by atoms with Gasteiger partial charge in [0, 0.05) is 19.7 Å². The molecule has 1 saturated heterocycles. The van der Waals surface area contributed by atoms with E-state index in [1.807, 2.05) is 13.0 Å². The van der Waals surface area contributed by atoms with Gasteiger partial charge in [-0.05, 0) is 66.7 Å². The van der Waals surface area contributed by atoms with Gasteiger partial charge in [-0.2, -0.15) is 4.37 Å². The Morgan fingerprint density at radius 1 is 1.20 bits per heavy atom. The van der Waals surface area contributed by atoms with Gasteiger partial charge in [-0.1, -0.05) is 24.3 Å². The van der Waals surface area contributed by atoms with E-state index in [4.69, 9.17) is 25.7 Å². The Balaban J connectivity index is 1.77. The van der Waals surface area contributed by atoms with Crippen LogP contribution in [0.4, 0.5) is 5.69 Å². The first-order chi connectivity index (χ1) is 19.3. The summed E-state index contributed by atoms with van der Waals surface area (Å²) in [4.78, 5) is 41.2. The zero-order valence-corrected chi connectivity index (χ0v) is 23.2. The average Bonchev–Trinajstić information content (AvgIpc) is 3.62. The van der Waals surface area contributed by atoms with Crippen LogP contribution >= 0.6 is 11.5 Å². The highest BCUT2D eigenvalue weighted by molar-refractivity contribution is 7.09. The largest absolute Gasteiger partial charge is 0.497 e. The Kier molecular flexibility index (Phi) is 9.56. The molecule has 5 N–H and O–H groups in total. The van der Waals surface area contributed by atoms with Crippen molar-refractivity contribution in [1.82, 2.24) is 14.6 Å². The molecule has 40 heavy (non-hydrogen) atoms. The van der Waals surface area contributed by atoms with Gasteiger partial charge >= 0.3 is 0 Å².